The Morgan fingerprint density at radius 3 is 2.20 bits per heavy atom. The maximum absolute atomic E-state index is 14.3. The third-order valence-corrected chi connectivity index (χ3v) is 6.82. The maximum Gasteiger partial charge on any atom is 0.408 e. The van der Waals surface area contributed by atoms with Crippen LogP contribution in [0, 0.1) is 13.8 Å². The van der Waals surface area contributed by atoms with E-state index in [0.29, 0.717) is 19.5 Å². The first-order valence-electron chi connectivity index (χ1n) is 15.2. The predicted octanol–water partition coefficient (Wildman–Crippen LogP) is 5.61. The zero-order valence-corrected chi connectivity index (χ0v) is 26.4. The van der Waals surface area contributed by atoms with E-state index < -0.39 is 35.6 Å². The molecule has 1 aromatic carbocycles. The lowest BCUT2D eigenvalue weighted by Crippen LogP contribution is -2.53. The molecule has 0 spiro atoms. The highest BCUT2D eigenvalue weighted by atomic mass is 16.6. The Morgan fingerprint density at radius 1 is 0.951 bits per heavy atom. The van der Waals surface area contributed by atoms with E-state index >= 15 is 0 Å². The van der Waals surface area contributed by atoms with E-state index in [4.69, 9.17) is 10.5 Å². The number of nitrogens with zero attached hydrogens (tertiary/aromatic N) is 1. The molecule has 2 unspecified atom stereocenters. The third kappa shape index (κ3) is 13.9. The molecule has 4 amide bonds. The van der Waals surface area contributed by atoms with Crippen molar-refractivity contribution in [2.75, 3.05) is 13.1 Å². The Labute approximate surface area is 247 Å². The van der Waals surface area contributed by atoms with Crippen LogP contribution >= 0.6 is 0 Å². The lowest BCUT2D eigenvalue weighted by Gasteiger charge is -2.35. The number of rotatable bonds is 18. The van der Waals surface area contributed by atoms with Gasteiger partial charge in [0.1, 0.15) is 17.7 Å². The minimum atomic E-state index is -1.09. The topological polar surface area (TPSA) is 131 Å². The molecule has 0 aliphatic heterocycles. The van der Waals surface area contributed by atoms with Crippen LogP contribution in [0.2, 0.25) is 0 Å². The summed E-state index contributed by atoms with van der Waals surface area (Å²) in [5, 5.41) is 5.71. The average Bonchev–Trinajstić information content (AvgIpc) is 2.88. The number of hydrogen-bond acceptors (Lipinski definition) is 5. The van der Waals surface area contributed by atoms with Crippen LogP contribution in [-0.4, -0.2) is 53.4 Å². The van der Waals surface area contributed by atoms with Crippen LogP contribution in [0.3, 0.4) is 0 Å². The number of hydrogen-bond donors (Lipinski definition) is 3. The van der Waals surface area contributed by atoms with Crippen LogP contribution in [0.1, 0.15) is 122 Å². The monoisotopic (exact) mass is 574 g/mol. The van der Waals surface area contributed by atoms with E-state index in [-0.39, 0.29) is 18.7 Å². The molecule has 232 valence electrons. The van der Waals surface area contributed by atoms with Gasteiger partial charge in [0.05, 0.1) is 0 Å². The van der Waals surface area contributed by atoms with Crippen LogP contribution in [0.5, 0.6) is 0 Å². The Hall–Kier alpha value is -3.10. The van der Waals surface area contributed by atoms with Crippen molar-refractivity contribution in [3.8, 4) is 0 Å². The number of unbranched alkanes of at least 4 members (excludes halogenated alkanes) is 6. The van der Waals surface area contributed by atoms with Gasteiger partial charge in [-0.1, -0.05) is 76.1 Å². The summed E-state index contributed by atoms with van der Waals surface area (Å²) in [4.78, 5) is 54.2. The summed E-state index contributed by atoms with van der Waals surface area (Å²) < 4.78 is 5.42. The smallest absolute Gasteiger partial charge is 0.408 e. The first kappa shape index (κ1) is 35.9. The second-order valence-electron chi connectivity index (χ2n) is 11.9. The fourth-order valence-corrected chi connectivity index (χ4v) is 4.63. The molecule has 0 aliphatic carbocycles. The van der Waals surface area contributed by atoms with Gasteiger partial charge in [-0.15, -0.1) is 0 Å². The van der Waals surface area contributed by atoms with Gasteiger partial charge in [-0.3, -0.25) is 14.4 Å². The Bertz CT molecular complexity index is 989. The molecule has 0 radical (unpaired) electrons. The van der Waals surface area contributed by atoms with Crippen molar-refractivity contribution in [2.45, 2.75) is 130 Å². The lowest BCUT2D eigenvalue weighted by atomic mass is 9.95. The summed E-state index contributed by atoms with van der Waals surface area (Å²) in [6.45, 7) is 14.2. The van der Waals surface area contributed by atoms with Gasteiger partial charge in [-0.05, 0) is 65.0 Å². The minimum absolute atomic E-state index is 0.00260. The van der Waals surface area contributed by atoms with Gasteiger partial charge < -0.3 is 26.0 Å². The molecule has 9 heteroatoms. The quantitative estimate of drug-likeness (QED) is 0.196. The summed E-state index contributed by atoms with van der Waals surface area (Å²) in [7, 11) is 0. The van der Waals surface area contributed by atoms with Crippen LogP contribution < -0.4 is 16.4 Å². The molecule has 0 saturated carbocycles. The number of nitrogens with one attached hydrogen (secondary N) is 2. The molecule has 41 heavy (non-hydrogen) atoms. The summed E-state index contributed by atoms with van der Waals surface area (Å²) in [5.74, 6) is -1.29. The van der Waals surface area contributed by atoms with E-state index in [1.165, 1.54) is 0 Å². The summed E-state index contributed by atoms with van der Waals surface area (Å²) in [6, 6.07) is 3.89. The maximum atomic E-state index is 14.3. The van der Waals surface area contributed by atoms with Crippen molar-refractivity contribution in [3.05, 3.63) is 34.9 Å². The van der Waals surface area contributed by atoms with Crippen LogP contribution in [0.25, 0.3) is 0 Å². The zero-order valence-electron chi connectivity index (χ0n) is 26.4. The largest absolute Gasteiger partial charge is 0.444 e. The standard InChI is InChI=1S/C32H54N4O5/c1-8-10-12-13-15-21-36(30(39)26(18-19-27(33)37)35-31(40)41-32(5,6)7)28(29(38)34-20-14-11-9-2)25-22-23(3)16-17-24(25)4/h16-17,22,26,28H,8-15,18-21H2,1-7H3,(H2,33,37)(H,34,38)(H,35,40). The van der Waals surface area contributed by atoms with E-state index in [1.807, 2.05) is 32.0 Å². The number of carbonyl (C=O) groups excluding carboxylic acids is 4. The molecular weight excluding hydrogens is 520 g/mol. The highest BCUT2D eigenvalue weighted by Gasteiger charge is 2.36. The van der Waals surface area contributed by atoms with Gasteiger partial charge >= 0.3 is 6.09 Å². The summed E-state index contributed by atoms with van der Waals surface area (Å²) in [6.07, 6.45) is 6.79. The summed E-state index contributed by atoms with van der Waals surface area (Å²) in [5.41, 5.74) is 7.25. The average molecular weight is 575 g/mol. The highest BCUT2D eigenvalue weighted by Crippen LogP contribution is 2.28. The number of nitrogens with two attached hydrogens (primary N) is 1. The van der Waals surface area contributed by atoms with Crippen LogP contribution in [0.15, 0.2) is 18.2 Å². The van der Waals surface area contributed by atoms with Crippen molar-refractivity contribution in [2.24, 2.45) is 5.73 Å². The number of amides is 4. The van der Waals surface area contributed by atoms with Gasteiger partial charge in [0.25, 0.3) is 0 Å². The SMILES string of the molecule is CCCCCCCN(C(=O)C(CCC(N)=O)NC(=O)OC(C)(C)C)C(C(=O)NCCCCC)c1cc(C)ccc1C. The molecule has 1 rings (SSSR count). The number of primary amides is 1. The van der Waals surface area contributed by atoms with E-state index in [9.17, 15) is 19.2 Å². The van der Waals surface area contributed by atoms with E-state index in [2.05, 4.69) is 24.5 Å². The Balaban J connectivity index is 3.53. The molecule has 1 aromatic rings. The van der Waals surface area contributed by atoms with Crippen molar-refractivity contribution >= 4 is 23.8 Å². The molecule has 0 aromatic heterocycles. The Kier molecular flexibility index (Phi) is 16.1. The third-order valence-electron chi connectivity index (χ3n) is 6.82. The number of benzene rings is 1. The fraction of sp³-hybridized carbons (Fsp3) is 0.688. The number of ether oxygens (including phenoxy) is 1. The van der Waals surface area contributed by atoms with Crippen LogP contribution in [-0.2, 0) is 19.1 Å². The zero-order chi connectivity index (χ0) is 31.0. The second kappa shape index (κ2) is 18.4. The predicted molar refractivity (Wildman–Crippen MR) is 163 cm³/mol. The molecule has 2 atom stereocenters. The molecule has 4 N–H and O–H groups in total. The fourth-order valence-electron chi connectivity index (χ4n) is 4.63. The summed E-state index contributed by atoms with van der Waals surface area (Å²) >= 11 is 0. The van der Waals surface area contributed by atoms with Crippen molar-refractivity contribution in [1.29, 1.82) is 0 Å². The minimum Gasteiger partial charge on any atom is -0.444 e. The van der Waals surface area contributed by atoms with Crippen molar-refractivity contribution in [1.82, 2.24) is 15.5 Å². The van der Waals surface area contributed by atoms with E-state index in [0.717, 1.165) is 61.6 Å². The van der Waals surface area contributed by atoms with Gasteiger partial charge in [-0.2, -0.15) is 0 Å². The van der Waals surface area contributed by atoms with Crippen LogP contribution in [0.4, 0.5) is 4.79 Å². The molecule has 0 aliphatic rings. The van der Waals surface area contributed by atoms with E-state index in [1.54, 1.807) is 25.7 Å². The molecule has 9 nitrogen and oxygen atoms in total. The Morgan fingerprint density at radius 2 is 1.59 bits per heavy atom. The van der Waals surface area contributed by atoms with Gasteiger partial charge in [0, 0.05) is 19.5 Å². The number of carbonyl (C=O) groups is 4. The molecule has 0 bridgehead atoms. The molecule has 0 saturated heterocycles. The normalized spacial score (nSPS) is 12.8. The highest BCUT2D eigenvalue weighted by molar-refractivity contribution is 5.92. The first-order valence-corrected chi connectivity index (χ1v) is 15.2. The van der Waals surface area contributed by atoms with Crippen molar-refractivity contribution < 1.29 is 23.9 Å². The first-order chi connectivity index (χ1) is 19.3. The number of alkyl carbamates (subject to hydrolysis) is 1. The lowest BCUT2D eigenvalue weighted by molar-refractivity contribution is -0.142. The molecule has 0 fully saturated rings. The van der Waals surface area contributed by atoms with Gasteiger partial charge in [-0.25, -0.2) is 4.79 Å². The molecule has 0 heterocycles. The van der Waals surface area contributed by atoms with Gasteiger partial charge in [0.2, 0.25) is 17.7 Å². The van der Waals surface area contributed by atoms with Crippen molar-refractivity contribution in [3.63, 3.8) is 0 Å². The molecular formula is C32H54N4O5. The number of aryl methyl sites for hydroxylation is 2. The van der Waals surface area contributed by atoms with Gasteiger partial charge in [0.15, 0.2) is 0 Å². The second-order valence-corrected chi connectivity index (χ2v) is 11.9.